The van der Waals surface area contributed by atoms with Gasteiger partial charge in [-0.05, 0) is 37.1 Å². The molecular weight excluding hydrogens is 567 g/mol. The number of alkyl halides is 9. The summed E-state index contributed by atoms with van der Waals surface area (Å²) in [4.78, 5) is -0.236. The van der Waals surface area contributed by atoms with E-state index in [0.717, 1.165) is 12.1 Å². The first-order valence-corrected chi connectivity index (χ1v) is 9.79. The summed E-state index contributed by atoms with van der Waals surface area (Å²) in [5.41, 5.74) is 0.292. The Kier molecular flexibility index (Phi) is 7.19. The van der Waals surface area contributed by atoms with Gasteiger partial charge < -0.3 is 5.11 Å². The quantitative estimate of drug-likeness (QED) is 0.199. The molecule has 1 aromatic rings. The lowest BCUT2D eigenvalue weighted by Crippen LogP contribution is -2.54. The second-order valence-electron chi connectivity index (χ2n) is 5.16. The van der Waals surface area contributed by atoms with E-state index >= 15 is 0 Å². The van der Waals surface area contributed by atoms with Crippen molar-refractivity contribution in [2.75, 3.05) is 0 Å². The van der Waals surface area contributed by atoms with Crippen LogP contribution in [-0.2, 0) is 18.5 Å². The van der Waals surface area contributed by atoms with E-state index in [2.05, 4.69) is 8.37 Å². The second kappa shape index (κ2) is 7.92. The van der Waals surface area contributed by atoms with Crippen LogP contribution in [0.3, 0.4) is 0 Å². The van der Waals surface area contributed by atoms with Crippen molar-refractivity contribution in [2.24, 2.45) is 0 Å². The Morgan fingerprint density at radius 3 is 1.79 bits per heavy atom. The monoisotopic (exact) mass is 576 g/mol. The number of hydrogen-bond acceptors (Lipinski definition) is 6. The zero-order valence-electron chi connectivity index (χ0n) is 13.5. The Morgan fingerprint density at radius 1 is 0.964 bits per heavy atom. The van der Waals surface area contributed by atoms with Crippen LogP contribution >= 0.6 is 34.6 Å². The molecule has 0 saturated heterocycles. The van der Waals surface area contributed by atoms with Crippen LogP contribution in [0.15, 0.2) is 17.0 Å². The molecule has 0 amide bonds. The van der Waals surface area contributed by atoms with Gasteiger partial charge in [0.15, 0.2) is 0 Å². The molecule has 0 aliphatic carbocycles. The highest BCUT2D eigenvalue weighted by Crippen LogP contribution is 2.50. The fourth-order valence-corrected chi connectivity index (χ4v) is 3.42. The van der Waals surface area contributed by atoms with E-state index < -0.39 is 31.5 Å². The summed E-state index contributed by atoms with van der Waals surface area (Å²) in [5, 5.41) is 3.07. The third-order valence-corrected chi connectivity index (χ3v) is 5.83. The first-order chi connectivity index (χ1) is 12.3. The van der Waals surface area contributed by atoms with Gasteiger partial charge in [-0.2, -0.15) is 47.2 Å². The lowest BCUT2D eigenvalue weighted by Gasteiger charge is -2.29. The molecule has 1 rings (SSSR count). The summed E-state index contributed by atoms with van der Waals surface area (Å²) < 4.78 is 128. The average Bonchev–Trinajstić information content (AvgIpc) is 2.48. The number of benzene rings is 1. The van der Waals surface area contributed by atoms with Crippen molar-refractivity contribution in [3.8, 4) is 5.75 Å². The molecule has 5 nitrogen and oxygen atoms in total. The summed E-state index contributed by atoms with van der Waals surface area (Å²) in [7, 11) is -6.66. The fraction of sp³-hybridized carbons (Fsp3) is 0.500. The molecule has 0 fully saturated rings. The molecule has 0 unspecified atom stereocenters. The molecular formula is C12H9F8IO5S2. The number of halogens is 9. The van der Waals surface area contributed by atoms with E-state index in [0.29, 0.717) is 0 Å². The van der Waals surface area contributed by atoms with Gasteiger partial charge >= 0.3 is 31.5 Å². The number of rotatable bonds is 8. The van der Waals surface area contributed by atoms with Gasteiger partial charge in [-0.1, -0.05) is 0 Å². The van der Waals surface area contributed by atoms with E-state index in [-0.39, 0.29) is 56.4 Å². The van der Waals surface area contributed by atoms with Crippen LogP contribution in [0.1, 0.15) is 11.1 Å². The van der Waals surface area contributed by atoms with Gasteiger partial charge in [-0.3, -0.25) is 0 Å². The van der Waals surface area contributed by atoms with Gasteiger partial charge in [0.1, 0.15) is 5.75 Å². The molecule has 1 N–H and O–H groups in total. The summed E-state index contributed by atoms with van der Waals surface area (Å²) in [6, 6.07) is 2.08. The molecule has 0 aliphatic heterocycles. The van der Waals surface area contributed by atoms with Crippen LogP contribution in [-0.4, -0.2) is 34.9 Å². The molecule has 0 saturated carbocycles. The van der Waals surface area contributed by atoms with Gasteiger partial charge in [-0.25, -0.2) is 4.74 Å². The Balaban J connectivity index is 3.11. The minimum Gasteiger partial charge on any atom is -0.507 e. The number of phenolic OH excluding ortho intramolecular Hbond substituents is 1. The predicted molar refractivity (Wildman–Crippen MR) is 88.3 cm³/mol. The van der Waals surface area contributed by atoms with Gasteiger partial charge in [0.2, 0.25) is 0 Å². The molecule has 0 spiro atoms. The van der Waals surface area contributed by atoms with Crippen LogP contribution < -0.4 is 0 Å². The van der Waals surface area contributed by atoms with E-state index in [1.807, 2.05) is 0 Å². The van der Waals surface area contributed by atoms with Crippen LogP contribution in [0.25, 0.3) is 0 Å². The maximum absolute atomic E-state index is 13.6. The van der Waals surface area contributed by atoms with Gasteiger partial charge in [-0.15, -0.1) is 0 Å². The van der Waals surface area contributed by atoms with Crippen molar-refractivity contribution in [2.45, 2.75) is 40.1 Å². The normalized spacial score (nSPS) is 14.4. The SMILES string of the molecule is Cc1cc(SOS(=O)(=O)C(F)(F)C(F)(F)OC(F)(F)C(F)(F)I)cc(C)c1O. The van der Waals surface area contributed by atoms with Crippen LogP contribution in [0.4, 0.5) is 35.1 Å². The smallest absolute Gasteiger partial charge is 0.461 e. The minimum atomic E-state index is -6.66. The van der Waals surface area contributed by atoms with Crippen molar-refractivity contribution in [3.05, 3.63) is 23.3 Å². The van der Waals surface area contributed by atoms with Crippen molar-refractivity contribution in [3.63, 3.8) is 0 Å². The van der Waals surface area contributed by atoms with Crippen LogP contribution in [0.2, 0.25) is 0 Å². The Bertz CT molecular complexity index is 818. The Labute approximate surface area is 170 Å². The summed E-state index contributed by atoms with van der Waals surface area (Å²) >= 11 is -0.724. The molecule has 0 aliphatic rings. The van der Waals surface area contributed by atoms with Crippen LogP contribution in [0.5, 0.6) is 5.75 Å². The molecule has 28 heavy (non-hydrogen) atoms. The number of aryl methyl sites for hydroxylation is 2. The molecule has 0 heterocycles. The average molecular weight is 576 g/mol. The molecule has 1 aromatic carbocycles. The largest absolute Gasteiger partial charge is 0.507 e. The van der Waals surface area contributed by atoms with Gasteiger partial charge in [0, 0.05) is 39.5 Å². The maximum atomic E-state index is 13.6. The zero-order valence-corrected chi connectivity index (χ0v) is 17.2. The van der Waals surface area contributed by atoms with Crippen molar-refractivity contribution in [1.29, 1.82) is 0 Å². The molecule has 16 heteroatoms. The zero-order chi connectivity index (χ0) is 22.3. The van der Waals surface area contributed by atoms with Crippen LogP contribution in [0, 0.1) is 13.8 Å². The lowest BCUT2D eigenvalue weighted by atomic mass is 10.1. The van der Waals surface area contributed by atoms with E-state index in [4.69, 9.17) is 0 Å². The van der Waals surface area contributed by atoms with Gasteiger partial charge in [0.25, 0.3) is 0 Å². The molecule has 162 valence electrons. The fourth-order valence-electron chi connectivity index (χ4n) is 1.51. The Morgan fingerprint density at radius 2 is 1.39 bits per heavy atom. The predicted octanol–water partition coefficient (Wildman–Crippen LogP) is 5.19. The molecule has 0 aromatic heterocycles. The molecule has 0 atom stereocenters. The highest BCUT2D eigenvalue weighted by molar-refractivity contribution is 14.1. The maximum Gasteiger partial charge on any atom is 0.461 e. The first kappa shape index (κ1) is 25.4. The minimum absolute atomic E-state index is 0.146. The van der Waals surface area contributed by atoms with Gasteiger partial charge in [0.05, 0.1) is 0 Å². The molecule has 0 radical (unpaired) electrons. The van der Waals surface area contributed by atoms with E-state index in [1.165, 1.54) is 13.8 Å². The number of aromatic hydroxyl groups is 1. The van der Waals surface area contributed by atoms with Crippen molar-refractivity contribution < 1.29 is 57.0 Å². The topological polar surface area (TPSA) is 72.8 Å². The summed E-state index contributed by atoms with van der Waals surface area (Å²) in [5.74, 6) is -0.223. The summed E-state index contributed by atoms with van der Waals surface area (Å²) in [6.07, 6.45) is -12.7. The number of ether oxygens (including phenoxy) is 1. The highest BCUT2D eigenvalue weighted by Gasteiger charge is 2.74. The third kappa shape index (κ3) is 5.11. The van der Waals surface area contributed by atoms with E-state index in [9.17, 15) is 48.6 Å². The summed E-state index contributed by atoms with van der Waals surface area (Å²) in [6.45, 7) is 2.67. The highest BCUT2D eigenvalue weighted by atomic mass is 127. The first-order valence-electron chi connectivity index (χ1n) is 6.56. The number of phenols is 1. The Hall–Kier alpha value is -0.590. The lowest BCUT2D eigenvalue weighted by molar-refractivity contribution is -0.438. The third-order valence-electron chi connectivity index (χ3n) is 2.92. The second-order valence-corrected chi connectivity index (χ2v) is 9.12. The van der Waals surface area contributed by atoms with Crippen molar-refractivity contribution in [1.82, 2.24) is 0 Å². The standard InChI is InChI=1S/C12H9F8IO5S2/c1-5-3-7(4-6(2)8(5)22)27-26-28(23,24)12(19,20)11(17,18)25-10(15,16)9(13,14)21/h3-4,22H,1-2H3. The van der Waals surface area contributed by atoms with E-state index in [1.54, 1.807) is 0 Å². The van der Waals surface area contributed by atoms with Crippen molar-refractivity contribution >= 4 is 44.8 Å². The number of hydrogen-bond donors (Lipinski definition) is 1. The molecule has 0 bridgehead atoms.